The molecule has 0 aromatic heterocycles. The van der Waals surface area contributed by atoms with Gasteiger partial charge in [0.25, 0.3) is 11.6 Å². The van der Waals surface area contributed by atoms with Gasteiger partial charge in [-0.25, -0.2) is 0 Å². The quantitative estimate of drug-likeness (QED) is 0.554. The summed E-state index contributed by atoms with van der Waals surface area (Å²) in [6.07, 6.45) is 0.903. The van der Waals surface area contributed by atoms with Crippen molar-refractivity contribution in [2.45, 2.75) is 38.8 Å². The molecule has 2 atom stereocenters. The first kappa shape index (κ1) is 19.7. The Labute approximate surface area is 157 Å². The number of carbonyl (C=O) groups is 1. The average Bonchev–Trinajstić information content (AvgIpc) is 2.62. The van der Waals surface area contributed by atoms with E-state index in [0.717, 1.165) is 12.8 Å². The molecule has 0 radical (unpaired) electrons. The van der Waals surface area contributed by atoms with Crippen LogP contribution in [0.5, 0.6) is 5.75 Å². The second-order valence-electron chi connectivity index (χ2n) is 6.07. The second-order valence-corrected chi connectivity index (χ2v) is 6.47. The molecule has 2 rings (SSSR count). The summed E-state index contributed by atoms with van der Waals surface area (Å²) in [5.74, 6) is -0.0307. The first-order valence-corrected chi connectivity index (χ1v) is 8.69. The van der Waals surface area contributed by atoms with Crippen molar-refractivity contribution in [3.63, 3.8) is 0 Å². The van der Waals surface area contributed by atoms with Crippen LogP contribution in [0.1, 0.15) is 25.8 Å². The van der Waals surface area contributed by atoms with E-state index in [1.54, 1.807) is 6.92 Å². The second kappa shape index (κ2) is 9.20. The molecule has 0 heterocycles. The smallest absolute Gasteiger partial charge is 0.271 e. The highest BCUT2D eigenvalue weighted by molar-refractivity contribution is 6.32. The molecule has 2 unspecified atom stereocenters. The molecule has 1 amide bonds. The topological polar surface area (TPSA) is 81.5 Å². The third kappa shape index (κ3) is 5.74. The normalized spacial score (nSPS) is 12.9. The number of nitro groups is 1. The van der Waals surface area contributed by atoms with Crippen LogP contribution in [0, 0.1) is 10.1 Å². The van der Waals surface area contributed by atoms with Crippen LogP contribution < -0.4 is 10.1 Å². The molecule has 2 aromatic carbocycles. The molecule has 2 aromatic rings. The first-order chi connectivity index (χ1) is 12.4. The van der Waals surface area contributed by atoms with Gasteiger partial charge in [0.2, 0.25) is 0 Å². The van der Waals surface area contributed by atoms with Crippen molar-refractivity contribution in [1.29, 1.82) is 0 Å². The Morgan fingerprint density at radius 1 is 1.23 bits per heavy atom. The molecule has 0 bridgehead atoms. The van der Waals surface area contributed by atoms with Crippen molar-refractivity contribution >= 4 is 23.2 Å². The van der Waals surface area contributed by atoms with E-state index in [1.165, 1.54) is 23.8 Å². The maximum Gasteiger partial charge on any atom is 0.271 e. The lowest BCUT2D eigenvalue weighted by atomic mass is 10.1. The van der Waals surface area contributed by atoms with Crippen LogP contribution in [-0.2, 0) is 11.2 Å². The molecule has 0 saturated carbocycles. The van der Waals surface area contributed by atoms with Crippen molar-refractivity contribution in [1.82, 2.24) is 5.32 Å². The number of halogens is 1. The number of aryl methyl sites for hydroxylation is 1. The van der Waals surface area contributed by atoms with Gasteiger partial charge in [-0.15, -0.1) is 0 Å². The molecule has 26 heavy (non-hydrogen) atoms. The summed E-state index contributed by atoms with van der Waals surface area (Å²) < 4.78 is 5.54. The number of ether oxygens (including phenoxy) is 1. The van der Waals surface area contributed by atoms with Gasteiger partial charge in [-0.1, -0.05) is 41.9 Å². The lowest BCUT2D eigenvalue weighted by molar-refractivity contribution is -0.384. The molecule has 0 aliphatic carbocycles. The molecule has 6 nitrogen and oxygen atoms in total. The number of amides is 1. The molecule has 0 spiro atoms. The summed E-state index contributed by atoms with van der Waals surface area (Å²) in [6, 6.07) is 13.9. The predicted molar refractivity (Wildman–Crippen MR) is 101 cm³/mol. The van der Waals surface area contributed by atoms with E-state index in [1.807, 2.05) is 25.1 Å². The number of nitro benzene ring substituents is 1. The van der Waals surface area contributed by atoms with Gasteiger partial charge >= 0.3 is 0 Å². The highest BCUT2D eigenvalue weighted by atomic mass is 35.5. The molecular formula is C19H21ClN2O4. The molecule has 7 heteroatoms. The van der Waals surface area contributed by atoms with Crippen LogP contribution in [0.4, 0.5) is 5.69 Å². The maximum absolute atomic E-state index is 12.3. The van der Waals surface area contributed by atoms with Gasteiger partial charge in [0.15, 0.2) is 6.10 Å². The summed E-state index contributed by atoms with van der Waals surface area (Å²) in [4.78, 5) is 22.4. The highest BCUT2D eigenvalue weighted by Crippen LogP contribution is 2.29. The van der Waals surface area contributed by atoms with Gasteiger partial charge < -0.3 is 10.1 Å². The number of nitrogens with one attached hydrogen (secondary N) is 1. The van der Waals surface area contributed by atoms with Crippen molar-refractivity contribution in [2.24, 2.45) is 0 Å². The van der Waals surface area contributed by atoms with E-state index in [-0.39, 0.29) is 28.4 Å². The number of hydrogen-bond acceptors (Lipinski definition) is 4. The minimum Gasteiger partial charge on any atom is -0.479 e. The van der Waals surface area contributed by atoms with Crippen molar-refractivity contribution in [3.05, 3.63) is 69.2 Å². The Morgan fingerprint density at radius 2 is 1.92 bits per heavy atom. The maximum atomic E-state index is 12.3. The molecule has 1 N–H and O–H groups in total. The van der Waals surface area contributed by atoms with Crippen LogP contribution in [0.3, 0.4) is 0 Å². The zero-order chi connectivity index (χ0) is 19.1. The van der Waals surface area contributed by atoms with Gasteiger partial charge in [-0.2, -0.15) is 0 Å². The zero-order valence-electron chi connectivity index (χ0n) is 14.6. The molecule has 0 fully saturated rings. The highest BCUT2D eigenvalue weighted by Gasteiger charge is 2.19. The third-order valence-corrected chi connectivity index (χ3v) is 4.19. The van der Waals surface area contributed by atoms with Crippen molar-refractivity contribution < 1.29 is 14.5 Å². The number of benzene rings is 2. The predicted octanol–water partition coefficient (Wildman–Crippen LogP) is 4.15. The monoisotopic (exact) mass is 376 g/mol. The fraction of sp³-hybridized carbons (Fsp3) is 0.316. The number of non-ortho nitro benzene ring substituents is 1. The lowest BCUT2D eigenvalue weighted by Gasteiger charge is -2.19. The zero-order valence-corrected chi connectivity index (χ0v) is 15.4. The van der Waals surface area contributed by atoms with Crippen LogP contribution in [0.25, 0.3) is 0 Å². The molecular weight excluding hydrogens is 356 g/mol. The minimum absolute atomic E-state index is 0.0129. The Bertz CT molecular complexity index is 767. The number of rotatable bonds is 8. The van der Waals surface area contributed by atoms with Crippen LogP contribution in [0.15, 0.2) is 48.5 Å². The van der Waals surface area contributed by atoms with Gasteiger partial charge in [-0.3, -0.25) is 14.9 Å². The largest absolute Gasteiger partial charge is 0.479 e. The standard InChI is InChI=1S/C19H21ClN2O4/c1-13(8-9-15-6-4-3-5-7-15)21-19(23)14(2)26-18-11-10-16(22(24)25)12-17(18)20/h3-7,10-14H,8-9H2,1-2H3,(H,21,23). The Kier molecular flexibility index (Phi) is 6.97. The fourth-order valence-corrected chi connectivity index (χ4v) is 2.62. The first-order valence-electron chi connectivity index (χ1n) is 8.31. The van der Waals surface area contributed by atoms with E-state index in [4.69, 9.17) is 16.3 Å². The SMILES string of the molecule is CC(CCc1ccccc1)NC(=O)C(C)Oc1ccc([N+](=O)[O-])cc1Cl. The summed E-state index contributed by atoms with van der Waals surface area (Å²) >= 11 is 5.98. The lowest BCUT2D eigenvalue weighted by Crippen LogP contribution is -2.41. The van der Waals surface area contributed by atoms with E-state index < -0.39 is 11.0 Å². The van der Waals surface area contributed by atoms with E-state index in [0.29, 0.717) is 0 Å². The van der Waals surface area contributed by atoms with Crippen LogP contribution >= 0.6 is 11.6 Å². The summed E-state index contributed by atoms with van der Waals surface area (Å²) in [5, 5.41) is 13.7. The van der Waals surface area contributed by atoms with Gasteiger partial charge in [0.1, 0.15) is 5.75 Å². The van der Waals surface area contributed by atoms with Crippen molar-refractivity contribution in [3.8, 4) is 5.75 Å². The van der Waals surface area contributed by atoms with Crippen LogP contribution in [-0.4, -0.2) is 23.0 Å². The third-order valence-electron chi connectivity index (χ3n) is 3.90. The van der Waals surface area contributed by atoms with Crippen LogP contribution in [0.2, 0.25) is 5.02 Å². The molecule has 0 aliphatic rings. The van der Waals surface area contributed by atoms with E-state index in [2.05, 4.69) is 17.4 Å². The van der Waals surface area contributed by atoms with Crippen molar-refractivity contribution in [2.75, 3.05) is 0 Å². The Morgan fingerprint density at radius 3 is 2.54 bits per heavy atom. The number of carbonyl (C=O) groups excluding carboxylic acids is 1. The van der Waals surface area contributed by atoms with Gasteiger partial charge in [-0.05, 0) is 38.3 Å². The number of nitrogens with zero attached hydrogens (tertiary/aromatic N) is 1. The van der Waals surface area contributed by atoms with E-state index in [9.17, 15) is 14.9 Å². The summed E-state index contributed by atoms with van der Waals surface area (Å²) in [7, 11) is 0. The van der Waals surface area contributed by atoms with E-state index >= 15 is 0 Å². The summed E-state index contributed by atoms with van der Waals surface area (Å²) in [6.45, 7) is 3.55. The van der Waals surface area contributed by atoms with Gasteiger partial charge in [0, 0.05) is 18.2 Å². The number of hydrogen-bond donors (Lipinski definition) is 1. The summed E-state index contributed by atoms with van der Waals surface area (Å²) in [5.41, 5.74) is 1.09. The minimum atomic E-state index is -0.770. The Balaban J connectivity index is 1.86. The van der Waals surface area contributed by atoms with Gasteiger partial charge in [0.05, 0.1) is 9.95 Å². The molecule has 138 valence electrons. The molecule has 0 saturated heterocycles. The molecule has 0 aliphatic heterocycles. The fourth-order valence-electron chi connectivity index (χ4n) is 2.40. The Hall–Kier alpha value is -2.60. The average molecular weight is 377 g/mol.